The second-order valence-corrected chi connectivity index (χ2v) is 7.01. The van der Waals surface area contributed by atoms with Crippen molar-refractivity contribution in [3.05, 3.63) is 39.9 Å². The van der Waals surface area contributed by atoms with E-state index >= 15 is 0 Å². The highest BCUT2D eigenvalue weighted by molar-refractivity contribution is 7.15. The lowest BCUT2D eigenvalue weighted by Crippen LogP contribution is -2.14. The first-order valence-electron chi connectivity index (χ1n) is 6.37. The molecule has 6 heteroatoms. The molecule has 4 nitrogen and oxygen atoms in total. The molecule has 1 aromatic heterocycles. The molecule has 0 saturated heterocycles. The van der Waals surface area contributed by atoms with E-state index in [0.29, 0.717) is 10.2 Å². The number of nitrogens with one attached hydrogen (secondary N) is 1. The number of halogens is 1. The summed E-state index contributed by atoms with van der Waals surface area (Å²) < 4.78 is 0. The molecule has 1 aromatic carbocycles. The van der Waals surface area contributed by atoms with Crippen LogP contribution in [0.25, 0.3) is 0 Å². The Morgan fingerprint density at radius 2 is 1.90 bits per heavy atom. The predicted molar refractivity (Wildman–Crippen MR) is 83.5 cm³/mol. The summed E-state index contributed by atoms with van der Waals surface area (Å²) in [5.41, 5.74) is 0.941. The molecule has 0 bridgehead atoms. The van der Waals surface area contributed by atoms with Crippen LogP contribution in [0, 0.1) is 0 Å². The van der Waals surface area contributed by atoms with E-state index in [-0.39, 0.29) is 18.1 Å². The molecule has 20 heavy (non-hydrogen) atoms. The van der Waals surface area contributed by atoms with Crippen LogP contribution in [0.15, 0.2) is 24.3 Å². The largest absolute Gasteiger partial charge is 0.394 e. The van der Waals surface area contributed by atoms with Crippen molar-refractivity contribution < 1.29 is 5.11 Å². The maximum atomic E-state index is 9.54. The summed E-state index contributed by atoms with van der Waals surface area (Å²) in [7, 11) is 0. The summed E-state index contributed by atoms with van der Waals surface area (Å²) >= 11 is 7.38. The summed E-state index contributed by atoms with van der Waals surface area (Å²) in [6.07, 6.45) is 0. The van der Waals surface area contributed by atoms with Crippen molar-refractivity contribution in [2.45, 2.75) is 32.2 Å². The van der Waals surface area contributed by atoms with E-state index in [9.17, 15) is 5.11 Å². The van der Waals surface area contributed by atoms with Crippen molar-refractivity contribution in [2.75, 3.05) is 11.9 Å². The van der Waals surface area contributed by atoms with E-state index in [1.54, 1.807) is 0 Å². The molecule has 108 valence electrons. The number of hydrogen-bond donors (Lipinski definition) is 2. The van der Waals surface area contributed by atoms with Crippen molar-refractivity contribution in [3.8, 4) is 0 Å². The van der Waals surface area contributed by atoms with Crippen LogP contribution in [0.4, 0.5) is 5.13 Å². The Labute approximate surface area is 127 Å². The highest BCUT2D eigenvalue weighted by Gasteiger charge is 2.20. The standard InChI is InChI=1S/C14H18ClN3OS/c1-14(2,3)12-17-18-13(20-12)16-11(8-19)9-4-6-10(15)7-5-9/h4-7,11,19H,8H2,1-3H3,(H,16,18). The SMILES string of the molecule is CC(C)(C)c1nnc(NC(CO)c2ccc(Cl)cc2)s1. The maximum Gasteiger partial charge on any atom is 0.206 e. The Morgan fingerprint density at radius 3 is 2.40 bits per heavy atom. The van der Waals surface area contributed by atoms with E-state index in [4.69, 9.17) is 11.6 Å². The Balaban J connectivity index is 2.14. The van der Waals surface area contributed by atoms with Crippen molar-refractivity contribution in [3.63, 3.8) is 0 Å². The van der Waals surface area contributed by atoms with Gasteiger partial charge in [-0.05, 0) is 17.7 Å². The van der Waals surface area contributed by atoms with Gasteiger partial charge in [0.2, 0.25) is 5.13 Å². The number of aliphatic hydroxyl groups excluding tert-OH is 1. The van der Waals surface area contributed by atoms with Crippen molar-refractivity contribution in [1.82, 2.24) is 10.2 Å². The molecule has 0 radical (unpaired) electrons. The van der Waals surface area contributed by atoms with Gasteiger partial charge in [0.1, 0.15) is 5.01 Å². The van der Waals surface area contributed by atoms with Gasteiger partial charge in [0.15, 0.2) is 0 Å². The van der Waals surface area contributed by atoms with Crippen LogP contribution in [0.1, 0.15) is 37.4 Å². The second-order valence-electron chi connectivity index (χ2n) is 5.59. The zero-order valence-corrected chi connectivity index (χ0v) is 13.3. The van der Waals surface area contributed by atoms with Crippen molar-refractivity contribution in [2.24, 2.45) is 0 Å². The van der Waals surface area contributed by atoms with E-state index in [1.165, 1.54) is 11.3 Å². The number of aromatic nitrogens is 2. The normalized spacial score (nSPS) is 13.2. The van der Waals surface area contributed by atoms with Gasteiger partial charge in [-0.1, -0.05) is 55.8 Å². The lowest BCUT2D eigenvalue weighted by atomic mass is 9.98. The fourth-order valence-corrected chi connectivity index (χ4v) is 2.64. The van der Waals surface area contributed by atoms with Crippen LogP contribution in [0.2, 0.25) is 5.02 Å². The van der Waals surface area contributed by atoms with Gasteiger partial charge in [-0.2, -0.15) is 0 Å². The summed E-state index contributed by atoms with van der Waals surface area (Å²) in [6.45, 7) is 6.27. The molecule has 1 unspecified atom stereocenters. The van der Waals surface area contributed by atoms with Crippen LogP contribution < -0.4 is 5.32 Å². The van der Waals surface area contributed by atoms with Gasteiger partial charge in [0.05, 0.1) is 12.6 Å². The van der Waals surface area contributed by atoms with Crippen LogP contribution in [0.5, 0.6) is 0 Å². The number of anilines is 1. The molecule has 0 fully saturated rings. The molecule has 0 saturated carbocycles. The number of aliphatic hydroxyl groups is 1. The summed E-state index contributed by atoms with van der Waals surface area (Å²) in [5, 5.41) is 23.4. The molecular formula is C14H18ClN3OS. The van der Waals surface area contributed by atoms with Gasteiger partial charge in [-0.15, -0.1) is 10.2 Å². The first-order chi connectivity index (χ1) is 9.40. The lowest BCUT2D eigenvalue weighted by molar-refractivity contribution is 0.276. The number of benzene rings is 1. The molecule has 2 rings (SSSR count). The zero-order valence-electron chi connectivity index (χ0n) is 11.7. The summed E-state index contributed by atoms with van der Waals surface area (Å²) in [4.78, 5) is 0. The molecule has 2 N–H and O–H groups in total. The van der Waals surface area contributed by atoms with E-state index in [1.807, 2.05) is 24.3 Å². The Kier molecular flexibility index (Phi) is 4.62. The highest BCUT2D eigenvalue weighted by Crippen LogP contribution is 2.29. The third-order valence-corrected chi connectivity index (χ3v) is 4.35. The molecular weight excluding hydrogens is 294 g/mol. The molecule has 0 aliphatic carbocycles. The predicted octanol–water partition coefficient (Wildman–Crippen LogP) is 3.63. The fourth-order valence-electron chi connectivity index (χ4n) is 1.66. The Bertz CT molecular complexity index is 563. The summed E-state index contributed by atoms with van der Waals surface area (Å²) in [6, 6.07) is 7.18. The molecule has 2 aromatic rings. The van der Waals surface area contributed by atoms with Gasteiger partial charge in [0, 0.05) is 10.4 Å². The van der Waals surface area contributed by atoms with E-state index in [0.717, 1.165) is 10.6 Å². The molecule has 0 aliphatic rings. The molecule has 0 aliphatic heterocycles. The third kappa shape index (κ3) is 3.69. The van der Waals surface area contributed by atoms with Gasteiger partial charge < -0.3 is 10.4 Å². The van der Waals surface area contributed by atoms with Gasteiger partial charge >= 0.3 is 0 Å². The third-order valence-electron chi connectivity index (χ3n) is 2.82. The lowest BCUT2D eigenvalue weighted by Gasteiger charge is -2.16. The van der Waals surface area contributed by atoms with Crippen molar-refractivity contribution in [1.29, 1.82) is 0 Å². The number of hydrogen-bond acceptors (Lipinski definition) is 5. The maximum absolute atomic E-state index is 9.54. The average molecular weight is 312 g/mol. The first-order valence-corrected chi connectivity index (χ1v) is 7.56. The van der Waals surface area contributed by atoms with Crippen molar-refractivity contribution >= 4 is 28.1 Å². The topological polar surface area (TPSA) is 58.0 Å². The molecule has 0 amide bonds. The van der Waals surface area contributed by atoms with Gasteiger partial charge in [-0.25, -0.2) is 0 Å². The first kappa shape index (κ1) is 15.2. The quantitative estimate of drug-likeness (QED) is 0.905. The zero-order chi connectivity index (χ0) is 14.8. The van der Waals surface area contributed by atoms with E-state index < -0.39 is 0 Å². The summed E-state index contributed by atoms with van der Waals surface area (Å²) in [5.74, 6) is 0. The second kappa shape index (κ2) is 6.08. The van der Waals surface area contributed by atoms with E-state index in [2.05, 4.69) is 36.3 Å². The molecule has 0 spiro atoms. The minimum absolute atomic E-state index is 0.0212. The minimum atomic E-state index is -0.215. The monoisotopic (exact) mass is 311 g/mol. The van der Waals surface area contributed by atoms with Gasteiger partial charge in [0.25, 0.3) is 0 Å². The van der Waals surface area contributed by atoms with Crippen LogP contribution >= 0.6 is 22.9 Å². The van der Waals surface area contributed by atoms with Crippen LogP contribution in [-0.2, 0) is 5.41 Å². The average Bonchev–Trinajstić information content (AvgIpc) is 2.85. The highest BCUT2D eigenvalue weighted by atomic mass is 35.5. The van der Waals surface area contributed by atoms with Gasteiger partial charge in [-0.3, -0.25) is 0 Å². The number of rotatable bonds is 4. The number of nitrogens with zero attached hydrogens (tertiary/aromatic N) is 2. The smallest absolute Gasteiger partial charge is 0.206 e. The van der Waals surface area contributed by atoms with Crippen LogP contribution in [0.3, 0.4) is 0 Å². The molecule has 1 heterocycles. The Morgan fingerprint density at radius 1 is 1.25 bits per heavy atom. The molecule has 1 atom stereocenters. The minimum Gasteiger partial charge on any atom is -0.394 e. The fraction of sp³-hybridized carbons (Fsp3) is 0.429. The van der Waals surface area contributed by atoms with Crippen LogP contribution in [-0.4, -0.2) is 21.9 Å². The Hall–Kier alpha value is -1.17.